The van der Waals surface area contributed by atoms with Gasteiger partial charge in [0, 0.05) is 29.9 Å². The van der Waals surface area contributed by atoms with Crippen LogP contribution >= 0.6 is 0 Å². The molecular weight excluding hydrogens is 472 g/mol. The first-order chi connectivity index (χ1) is 17.7. The monoisotopic (exact) mass is 504 g/mol. The molecule has 0 bridgehead atoms. The molecule has 9 nitrogen and oxygen atoms in total. The first-order valence-corrected chi connectivity index (χ1v) is 11.9. The second-order valence-corrected chi connectivity index (χ2v) is 8.79. The Morgan fingerprint density at radius 3 is 2.41 bits per heavy atom. The normalized spacial score (nSPS) is 10.7. The highest BCUT2D eigenvalue weighted by Crippen LogP contribution is 2.29. The maximum absolute atomic E-state index is 13.0. The number of amides is 1. The molecule has 0 saturated carbocycles. The van der Waals surface area contributed by atoms with Crippen molar-refractivity contribution in [3.63, 3.8) is 0 Å². The molecule has 0 aromatic heterocycles. The van der Waals surface area contributed by atoms with Gasteiger partial charge in [-0.3, -0.25) is 15.0 Å². The van der Waals surface area contributed by atoms with E-state index >= 15 is 0 Å². The fourth-order valence-electron chi connectivity index (χ4n) is 3.85. The number of nitrogen functional groups attached to an aromatic ring is 1. The lowest BCUT2D eigenvalue weighted by Gasteiger charge is -2.20. The molecule has 0 spiro atoms. The molecule has 0 unspecified atom stereocenters. The number of ether oxygens (including phenoxy) is 1. The van der Waals surface area contributed by atoms with E-state index < -0.39 is 5.97 Å². The Bertz CT molecular complexity index is 1270. The van der Waals surface area contributed by atoms with Crippen molar-refractivity contribution in [1.29, 1.82) is 5.41 Å². The smallest absolute Gasteiger partial charge is 0.303 e. The molecule has 7 N–H and O–H groups in total. The predicted octanol–water partition coefficient (Wildman–Crippen LogP) is 4.13. The van der Waals surface area contributed by atoms with Crippen molar-refractivity contribution in [1.82, 2.24) is 0 Å². The zero-order valence-corrected chi connectivity index (χ0v) is 20.9. The number of amidine groups is 1. The van der Waals surface area contributed by atoms with E-state index in [1.807, 2.05) is 26.0 Å². The first kappa shape index (κ1) is 27.2. The topological polar surface area (TPSA) is 158 Å². The number of rotatable bonds is 12. The Kier molecular flexibility index (Phi) is 9.23. The summed E-state index contributed by atoms with van der Waals surface area (Å²) in [6, 6.07) is 17.3. The van der Waals surface area contributed by atoms with E-state index in [9.17, 15) is 19.8 Å². The van der Waals surface area contributed by atoms with Gasteiger partial charge in [-0.2, -0.15) is 0 Å². The van der Waals surface area contributed by atoms with Gasteiger partial charge in [-0.05, 0) is 79.4 Å². The number of carboxylic acids is 1. The van der Waals surface area contributed by atoms with Crippen LogP contribution in [-0.4, -0.2) is 34.0 Å². The zero-order valence-electron chi connectivity index (χ0n) is 20.9. The van der Waals surface area contributed by atoms with E-state index in [1.54, 1.807) is 48.5 Å². The van der Waals surface area contributed by atoms with Crippen molar-refractivity contribution in [2.75, 3.05) is 10.6 Å². The van der Waals surface area contributed by atoms with Crippen LogP contribution in [0.15, 0.2) is 60.7 Å². The van der Waals surface area contributed by atoms with Crippen LogP contribution in [0.1, 0.15) is 52.9 Å². The fourth-order valence-corrected chi connectivity index (χ4v) is 3.85. The molecule has 194 valence electrons. The van der Waals surface area contributed by atoms with Gasteiger partial charge >= 0.3 is 5.97 Å². The average molecular weight is 505 g/mol. The van der Waals surface area contributed by atoms with Gasteiger partial charge in [0.2, 0.25) is 0 Å². The van der Waals surface area contributed by atoms with Gasteiger partial charge < -0.3 is 31.3 Å². The van der Waals surface area contributed by atoms with Gasteiger partial charge in [-0.25, -0.2) is 0 Å². The third-order valence-corrected chi connectivity index (χ3v) is 5.59. The molecule has 3 aromatic carbocycles. The summed E-state index contributed by atoms with van der Waals surface area (Å²) in [5, 5.41) is 32.7. The van der Waals surface area contributed by atoms with Crippen LogP contribution in [0.4, 0.5) is 11.4 Å². The predicted molar refractivity (Wildman–Crippen MR) is 143 cm³/mol. The van der Waals surface area contributed by atoms with Crippen molar-refractivity contribution >= 4 is 29.1 Å². The third-order valence-electron chi connectivity index (χ3n) is 5.59. The van der Waals surface area contributed by atoms with Crippen LogP contribution in [0, 0.1) is 5.41 Å². The molecule has 3 rings (SSSR count). The van der Waals surface area contributed by atoms with Crippen molar-refractivity contribution in [2.45, 2.75) is 45.9 Å². The molecule has 0 aliphatic rings. The number of hydrogen-bond acceptors (Lipinski definition) is 6. The quantitative estimate of drug-likeness (QED) is 0.160. The zero-order chi connectivity index (χ0) is 26.9. The van der Waals surface area contributed by atoms with E-state index in [-0.39, 0.29) is 43.8 Å². The number of nitrogens with one attached hydrogen (secondary N) is 3. The summed E-state index contributed by atoms with van der Waals surface area (Å²) in [6.45, 7) is 3.86. The van der Waals surface area contributed by atoms with Gasteiger partial charge in [0.05, 0.1) is 18.3 Å². The highest BCUT2D eigenvalue weighted by atomic mass is 16.5. The Hall–Kier alpha value is -4.37. The average Bonchev–Trinajstić information content (AvgIpc) is 2.86. The molecule has 0 aliphatic carbocycles. The minimum absolute atomic E-state index is 0.0534. The van der Waals surface area contributed by atoms with E-state index in [1.165, 1.54) is 0 Å². The summed E-state index contributed by atoms with van der Waals surface area (Å²) < 4.78 is 5.95. The summed E-state index contributed by atoms with van der Waals surface area (Å²) in [7, 11) is 0. The lowest BCUT2D eigenvalue weighted by molar-refractivity contribution is -0.136. The van der Waals surface area contributed by atoms with Gasteiger partial charge in [0.25, 0.3) is 5.91 Å². The van der Waals surface area contributed by atoms with Crippen LogP contribution < -0.4 is 21.1 Å². The molecule has 3 aromatic rings. The summed E-state index contributed by atoms with van der Waals surface area (Å²) in [4.78, 5) is 24.3. The number of aliphatic carboxylic acids is 1. The maximum Gasteiger partial charge on any atom is 0.303 e. The molecule has 1 amide bonds. The molecule has 0 radical (unpaired) electrons. The number of hydrogen-bond donors (Lipinski definition) is 6. The van der Waals surface area contributed by atoms with Crippen molar-refractivity contribution < 1.29 is 24.5 Å². The molecule has 9 heteroatoms. The SMILES string of the molecule is CC(C)Oc1cc(CO)cc(CNc2ccccc2C(=O)Nc2ccc(C(=N)N)cc2)c1CCC(=O)O. The number of benzene rings is 3. The Morgan fingerprint density at radius 1 is 1.08 bits per heavy atom. The Morgan fingerprint density at radius 2 is 1.78 bits per heavy atom. The van der Waals surface area contributed by atoms with Crippen LogP contribution in [0.5, 0.6) is 5.75 Å². The summed E-state index contributed by atoms with van der Waals surface area (Å²) >= 11 is 0. The van der Waals surface area contributed by atoms with Gasteiger partial charge in [-0.15, -0.1) is 0 Å². The summed E-state index contributed by atoms with van der Waals surface area (Å²) in [5.41, 5.74) is 9.78. The highest BCUT2D eigenvalue weighted by molar-refractivity contribution is 6.08. The molecule has 0 saturated heterocycles. The number of para-hydroxylation sites is 1. The third kappa shape index (κ3) is 7.55. The van der Waals surface area contributed by atoms with E-state index in [0.29, 0.717) is 33.8 Å². The van der Waals surface area contributed by atoms with Gasteiger partial charge in [0.15, 0.2) is 0 Å². The van der Waals surface area contributed by atoms with Crippen LogP contribution in [0.2, 0.25) is 0 Å². The number of carbonyl (C=O) groups excluding carboxylic acids is 1. The van der Waals surface area contributed by atoms with Crippen LogP contribution in [0.25, 0.3) is 0 Å². The minimum Gasteiger partial charge on any atom is -0.491 e. The number of carbonyl (C=O) groups is 2. The maximum atomic E-state index is 13.0. The standard InChI is InChI=1S/C28H32N4O5/c1-17(2)37-25-14-18(16-33)13-20(22(25)11-12-26(34)35)15-31-24-6-4-3-5-23(24)28(36)32-21-9-7-19(8-10-21)27(29)30/h3-10,13-14,17,31,33H,11-12,15-16H2,1-2H3,(H3,29,30)(H,32,36)(H,34,35). The van der Waals surface area contributed by atoms with Crippen molar-refractivity contribution in [3.8, 4) is 5.75 Å². The highest BCUT2D eigenvalue weighted by Gasteiger charge is 2.17. The Balaban J connectivity index is 1.86. The summed E-state index contributed by atoms with van der Waals surface area (Å²) in [5.74, 6) is -0.751. The van der Waals surface area contributed by atoms with Crippen LogP contribution in [0.3, 0.4) is 0 Å². The van der Waals surface area contributed by atoms with Gasteiger partial charge in [0.1, 0.15) is 11.6 Å². The van der Waals surface area contributed by atoms with Crippen molar-refractivity contribution in [2.24, 2.45) is 5.73 Å². The molecular formula is C28H32N4O5. The van der Waals surface area contributed by atoms with E-state index in [0.717, 1.165) is 11.1 Å². The lowest BCUT2D eigenvalue weighted by atomic mass is 9.98. The minimum atomic E-state index is -0.918. The number of aliphatic hydroxyl groups is 1. The molecule has 0 atom stereocenters. The Labute approximate surface area is 215 Å². The van der Waals surface area contributed by atoms with Gasteiger partial charge in [-0.1, -0.05) is 18.2 Å². The second-order valence-electron chi connectivity index (χ2n) is 8.79. The lowest BCUT2D eigenvalue weighted by Crippen LogP contribution is -2.16. The van der Waals surface area contributed by atoms with E-state index in [2.05, 4.69) is 10.6 Å². The largest absolute Gasteiger partial charge is 0.491 e. The number of carboxylic acid groups (broad SMARTS) is 1. The van der Waals surface area contributed by atoms with Crippen molar-refractivity contribution in [3.05, 3.63) is 88.5 Å². The first-order valence-electron chi connectivity index (χ1n) is 11.9. The van der Waals surface area contributed by atoms with E-state index in [4.69, 9.17) is 15.9 Å². The van der Waals surface area contributed by atoms with Crippen LogP contribution in [-0.2, 0) is 24.4 Å². The number of anilines is 2. The number of aliphatic hydroxyl groups excluding tert-OH is 1. The number of nitrogens with two attached hydrogens (primary N) is 1. The molecule has 0 fully saturated rings. The second kappa shape index (κ2) is 12.5. The summed E-state index contributed by atoms with van der Waals surface area (Å²) in [6.07, 6.45) is 0.0621. The molecule has 0 aliphatic heterocycles. The molecule has 0 heterocycles. The fraction of sp³-hybridized carbons (Fsp3) is 0.250. The molecule has 37 heavy (non-hydrogen) atoms.